The van der Waals surface area contributed by atoms with Gasteiger partial charge in [0, 0.05) is 0 Å². The fourth-order valence-corrected chi connectivity index (χ4v) is 0. The standard InChI is InChI=1S/2NO3.H3N.Pt/c2*2-1(3)4;;/h;;1H3;/q2*-1;;+2. The van der Waals surface area contributed by atoms with Crippen LogP contribution < -0.4 is 6.15 Å². The van der Waals surface area contributed by atoms with Crippen LogP contribution in [-0.2, 0) is 21.1 Å². The monoisotopic (exact) mass is 336 g/mol. The molecule has 0 saturated carbocycles. The van der Waals surface area contributed by atoms with E-state index in [9.17, 15) is 0 Å². The molecule has 0 radical (unpaired) electrons. The van der Waals surface area contributed by atoms with E-state index in [0.717, 1.165) is 0 Å². The molecule has 9 nitrogen and oxygen atoms in total. The second-order valence-corrected chi connectivity index (χ2v) is 0.447. The molecule has 0 heterocycles. The van der Waals surface area contributed by atoms with Crippen LogP contribution in [0.2, 0.25) is 0 Å². The Morgan fingerprint density at radius 2 is 0.800 bits per heavy atom. The predicted octanol–water partition coefficient (Wildman–Crippen LogP) is -0.319. The summed E-state index contributed by atoms with van der Waals surface area (Å²) in [6, 6.07) is 0. The van der Waals surface area contributed by atoms with Gasteiger partial charge in [-0.05, 0) is 0 Å². The summed E-state index contributed by atoms with van der Waals surface area (Å²) < 4.78 is 0. The summed E-state index contributed by atoms with van der Waals surface area (Å²) >= 11 is 0. The third-order valence-electron chi connectivity index (χ3n) is 0. The van der Waals surface area contributed by atoms with Gasteiger partial charge >= 0.3 is 21.1 Å². The second kappa shape index (κ2) is 15.7. The van der Waals surface area contributed by atoms with Crippen LogP contribution in [0.15, 0.2) is 0 Å². The van der Waals surface area contributed by atoms with E-state index in [4.69, 9.17) is 30.6 Å². The van der Waals surface area contributed by atoms with Crippen LogP contribution in [0, 0.1) is 30.6 Å². The number of nitrogens with zero attached hydrogens (tertiary/aromatic N) is 2. The average molecular weight is 336 g/mol. The van der Waals surface area contributed by atoms with E-state index in [0.29, 0.717) is 0 Å². The van der Waals surface area contributed by atoms with Crippen LogP contribution in [0.25, 0.3) is 0 Å². The minimum atomic E-state index is -1.75. The first-order valence-corrected chi connectivity index (χ1v) is 1.10. The summed E-state index contributed by atoms with van der Waals surface area (Å²) in [5.41, 5.74) is 0. The second-order valence-electron chi connectivity index (χ2n) is 0.447. The van der Waals surface area contributed by atoms with Gasteiger partial charge in [0.05, 0.1) is 10.2 Å². The molecule has 64 valence electrons. The molecule has 0 aromatic heterocycles. The maximum absolute atomic E-state index is 8.25. The van der Waals surface area contributed by atoms with E-state index in [1.165, 1.54) is 0 Å². The van der Waals surface area contributed by atoms with E-state index in [1.807, 2.05) is 0 Å². The molecule has 3 N–H and O–H groups in total. The molecule has 0 fully saturated rings. The van der Waals surface area contributed by atoms with E-state index >= 15 is 0 Å². The maximum atomic E-state index is 8.25. The van der Waals surface area contributed by atoms with Gasteiger partial charge in [-0.1, -0.05) is 0 Å². The molecule has 0 rings (SSSR count). The molecule has 0 bridgehead atoms. The molecule has 0 spiro atoms. The summed E-state index contributed by atoms with van der Waals surface area (Å²) in [6.07, 6.45) is 0. The molecule has 0 unspecified atom stereocenters. The van der Waals surface area contributed by atoms with Crippen LogP contribution in [0.1, 0.15) is 0 Å². The van der Waals surface area contributed by atoms with Gasteiger partial charge in [-0.15, -0.1) is 0 Å². The van der Waals surface area contributed by atoms with Crippen molar-refractivity contribution in [1.29, 1.82) is 0 Å². The van der Waals surface area contributed by atoms with Gasteiger partial charge < -0.3 is 36.8 Å². The van der Waals surface area contributed by atoms with Gasteiger partial charge in [0.1, 0.15) is 0 Å². The molecule has 0 aromatic rings. The summed E-state index contributed by atoms with van der Waals surface area (Å²) in [4.78, 5) is 16.5. The maximum Gasteiger partial charge on any atom is 2.00 e. The first-order chi connectivity index (χ1) is 3.46. The van der Waals surface area contributed by atoms with Crippen molar-refractivity contribution in [2.75, 3.05) is 0 Å². The molecule has 0 aliphatic rings. The molecule has 0 aromatic carbocycles. The number of hydrogen-bond acceptors (Lipinski definition) is 7. The zero-order valence-electron chi connectivity index (χ0n) is 4.37. The number of rotatable bonds is 0. The van der Waals surface area contributed by atoms with Crippen LogP contribution in [-0.4, -0.2) is 10.2 Å². The van der Waals surface area contributed by atoms with Crippen molar-refractivity contribution in [1.82, 2.24) is 6.15 Å². The Balaban J connectivity index is -0.0000000300. The van der Waals surface area contributed by atoms with E-state index in [-0.39, 0.29) is 27.2 Å². The Labute approximate surface area is 68.7 Å². The number of hydrogen-bond donors (Lipinski definition) is 1. The van der Waals surface area contributed by atoms with Crippen molar-refractivity contribution in [2.24, 2.45) is 0 Å². The van der Waals surface area contributed by atoms with Crippen molar-refractivity contribution >= 4 is 0 Å². The third-order valence-corrected chi connectivity index (χ3v) is 0. The van der Waals surface area contributed by atoms with Gasteiger partial charge in [0.2, 0.25) is 0 Å². The minimum absolute atomic E-state index is 0. The normalized spacial score (nSPS) is 4.80. The van der Waals surface area contributed by atoms with Gasteiger partial charge in [0.25, 0.3) is 0 Å². The third kappa shape index (κ3) is 285. The first kappa shape index (κ1) is 23.0. The van der Waals surface area contributed by atoms with Crippen molar-refractivity contribution in [3.8, 4) is 0 Å². The largest absolute Gasteiger partial charge is 2.00 e. The smallest absolute Gasteiger partial charge is 0.356 e. The van der Waals surface area contributed by atoms with Crippen molar-refractivity contribution in [3.63, 3.8) is 0 Å². The van der Waals surface area contributed by atoms with Crippen molar-refractivity contribution < 1.29 is 31.2 Å². The van der Waals surface area contributed by atoms with Gasteiger partial charge in [-0.25, -0.2) is 0 Å². The molecule has 0 amide bonds. The predicted molar refractivity (Wildman–Crippen MR) is 25.7 cm³/mol. The molecule has 10 heavy (non-hydrogen) atoms. The van der Waals surface area contributed by atoms with E-state index < -0.39 is 10.2 Å². The van der Waals surface area contributed by atoms with Crippen LogP contribution >= 0.6 is 0 Å². The molecule has 0 atom stereocenters. The minimum Gasteiger partial charge on any atom is -0.356 e. The Morgan fingerprint density at radius 3 is 0.800 bits per heavy atom. The van der Waals surface area contributed by atoms with E-state index in [2.05, 4.69) is 0 Å². The summed E-state index contributed by atoms with van der Waals surface area (Å²) in [7, 11) is 0. The molecule has 0 saturated heterocycles. The Kier molecular flexibility index (Phi) is 36.1. The zero-order valence-corrected chi connectivity index (χ0v) is 6.64. The average Bonchev–Trinajstić information content (AvgIpc) is 1.25. The Hall–Kier alpha value is -0.952. The molecular weight excluding hydrogens is 333 g/mol. The van der Waals surface area contributed by atoms with Gasteiger partial charge in [0.15, 0.2) is 0 Å². The van der Waals surface area contributed by atoms with Gasteiger partial charge in [-0.2, -0.15) is 0 Å². The zero-order chi connectivity index (χ0) is 7.15. The molecule has 10 heteroatoms. The van der Waals surface area contributed by atoms with Crippen molar-refractivity contribution in [3.05, 3.63) is 30.6 Å². The molecule has 0 aliphatic carbocycles. The van der Waals surface area contributed by atoms with Crippen LogP contribution in [0.3, 0.4) is 0 Å². The van der Waals surface area contributed by atoms with Crippen LogP contribution in [0.4, 0.5) is 0 Å². The van der Waals surface area contributed by atoms with E-state index in [1.54, 1.807) is 0 Å². The SMILES string of the molecule is N.O=[N+]([O-])[O-].O=[N+]([O-])[O-].[Pt+2]. The Bertz CT molecular complexity index is 71.0. The fraction of sp³-hybridized carbons (Fsp3) is 0. The molecule has 0 aliphatic heterocycles. The van der Waals surface area contributed by atoms with Gasteiger partial charge in [-0.3, -0.25) is 0 Å². The van der Waals surface area contributed by atoms with Crippen LogP contribution in [0.5, 0.6) is 0 Å². The first-order valence-electron chi connectivity index (χ1n) is 1.10. The topological polar surface area (TPSA) is 167 Å². The fourth-order valence-electron chi connectivity index (χ4n) is 0. The Morgan fingerprint density at radius 1 is 0.800 bits per heavy atom. The summed E-state index contributed by atoms with van der Waals surface area (Å²) in [6.45, 7) is 0. The summed E-state index contributed by atoms with van der Waals surface area (Å²) in [5, 5.41) is 29.5. The molecular formula is H3N3O6Pt. The quantitative estimate of drug-likeness (QED) is 0.467. The van der Waals surface area contributed by atoms with Crippen molar-refractivity contribution in [2.45, 2.75) is 0 Å². The summed E-state index contributed by atoms with van der Waals surface area (Å²) in [5.74, 6) is 0.